The average Bonchev–Trinajstić information content (AvgIpc) is 2.50. The highest BCUT2D eigenvalue weighted by Crippen LogP contribution is 2.22. The average molecular weight is 262 g/mol. The maximum absolute atomic E-state index is 5.40. The number of likely N-dealkylation sites (N-methyl/N-ethyl adjacent to an activating group) is 1. The zero-order valence-electron chi connectivity index (χ0n) is 8.75. The van der Waals surface area contributed by atoms with Crippen molar-refractivity contribution in [2.45, 2.75) is 13.0 Å². The van der Waals surface area contributed by atoms with Gasteiger partial charge in [-0.3, -0.25) is 4.68 Å². The molecular weight excluding hydrogens is 246 g/mol. The molecule has 4 nitrogen and oxygen atoms in total. The number of aromatic nitrogens is 2. The highest BCUT2D eigenvalue weighted by Gasteiger charge is 2.16. The molecule has 0 amide bonds. The number of hydrogen-bond acceptors (Lipinski definition) is 3. The molecule has 1 aromatic rings. The summed E-state index contributed by atoms with van der Waals surface area (Å²) in [6.45, 7) is 3.38. The number of nitrogens with zero attached hydrogens (tertiary/aromatic N) is 2. The quantitative estimate of drug-likeness (QED) is 0.873. The van der Waals surface area contributed by atoms with Crippen molar-refractivity contribution in [1.29, 1.82) is 0 Å². The van der Waals surface area contributed by atoms with E-state index in [0.29, 0.717) is 6.61 Å². The van der Waals surface area contributed by atoms with E-state index in [2.05, 4.69) is 26.3 Å². The Morgan fingerprint density at radius 2 is 2.43 bits per heavy atom. The van der Waals surface area contributed by atoms with Crippen molar-refractivity contribution in [2.24, 2.45) is 7.05 Å². The summed E-state index contributed by atoms with van der Waals surface area (Å²) in [6, 6.07) is 0.178. The summed E-state index contributed by atoms with van der Waals surface area (Å²) in [4.78, 5) is 0. The SMILES string of the molecule is CCOCC(NC)c1c(Br)cnn1C. The van der Waals surface area contributed by atoms with Gasteiger partial charge in [0.25, 0.3) is 0 Å². The van der Waals surface area contributed by atoms with Crippen LogP contribution in [0.5, 0.6) is 0 Å². The molecule has 1 rings (SSSR count). The van der Waals surface area contributed by atoms with Crippen LogP contribution in [0.15, 0.2) is 10.7 Å². The van der Waals surface area contributed by atoms with Crippen molar-refractivity contribution in [1.82, 2.24) is 15.1 Å². The Bertz CT molecular complexity index is 268. The van der Waals surface area contributed by atoms with Crippen LogP contribution in [0, 0.1) is 0 Å². The molecule has 1 aromatic heterocycles. The van der Waals surface area contributed by atoms with Crippen molar-refractivity contribution >= 4 is 15.9 Å². The fourth-order valence-electron chi connectivity index (χ4n) is 1.35. The third kappa shape index (κ3) is 2.56. The van der Waals surface area contributed by atoms with E-state index >= 15 is 0 Å². The smallest absolute Gasteiger partial charge is 0.0738 e. The van der Waals surface area contributed by atoms with Gasteiger partial charge in [-0.15, -0.1) is 0 Å². The summed E-state index contributed by atoms with van der Waals surface area (Å²) in [6.07, 6.45) is 1.80. The summed E-state index contributed by atoms with van der Waals surface area (Å²) < 4.78 is 8.26. The summed E-state index contributed by atoms with van der Waals surface area (Å²) in [7, 11) is 3.85. The molecule has 0 aromatic carbocycles. The van der Waals surface area contributed by atoms with Gasteiger partial charge in [0.2, 0.25) is 0 Å². The van der Waals surface area contributed by atoms with Crippen molar-refractivity contribution in [3.63, 3.8) is 0 Å². The van der Waals surface area contributed by atoms with Crippen LogP contribution in [-0.2, 0) is 11.8 Å². The third-order valence-corrected chi connectivity index (χ3v) is 2.72. The molecule has 0 aliphatic rings. The number of rotatable bonds is 5. The predicted molar refractivity (Wildman–Crippen MR) is 59.2 cm³/mol. The van der Waals surface area contributed by atoms with E-state index in [-0.39, 0.29) is 6.04 Å². The predicted octanol–water partition coefficient (Wildman–Crippen LogP) is 1.48. The van der Waals surface area contributed by atoms with E-state index in [1.54, 1.807) is 6.20 Å². The summed E-state index contributed by atoms with van der Waals surface area (Å²) in [5.41, 5.74) is 1.11. The van der Waals surface area contributed by atoms with Crippen LogP contribution >= 0.6 is 15.9 Å². The molecule has 1 heterocycles. The first kappa shape index (κ1) is 11.7. The monoisotopic (exact) mass is 261 g/mol. The number of nitrogens with one attached hydrogen (secondary N) is 1. The summed E-state index contributed by atoms with van der Waals surface area (Å²) in [5.74, 6) is 0. The highest BCUT2D eigenvalue weighted by molar-refractivity contribution is 9.10. The fraction of sp³-hybridized carbons (Fsp3) is 0.667. The van der Waals surface area contributed by atoms with Gasteiger partial charge in [0.1, 0.15) is 0 Å². The fourth-order valence-corrected chi connectivity index (χ4v) is 1.97. The molecule has 0 aliphatic heterocycles. The largest absolute Gasteiger partial charge is 0.380 e. The Balaban J connectivity index is 2.77. The van der Waals surface area contributed by atoms with Gasteiger partial charge in [-0.25, -0.2) is 0 Å². The topological polar surface area (TPSA) is 39.1 Å². The molecule has 0 bridgehead atoms. The molecule has 0 fully saturated rings. The van der Waals surface area contributed by atoms with Crippen LogP contribution in [-0.4, -0.2) is 30.0 Å². The molecule has 14 heavy (non-hydrogen) atoms. The van der Waals surface area contributed by atoms with Crippen LogP contribution in [0.1, 0.15) is 18.7 Å². The Labute approximate surface area is 92.8 Å². The van der Waals surface area contributed by atoms with Crippen molar-refractivity contribution in [3.8, 4) is 0 Å². The van der Waals surface area contributed by atoms with E-state index in [9.17, 15) is 0 Å². The molecule has 0 saturated heterocycles. The molecular formula is C9H16BrN3O. The van der Waals surface area contributed by atoms with Gasteiger partial charge in [0.15, 0.2) is 0 Å². The Morgan fingerprint density at radius 1 is 1.71 bits per heavy atom. The minimum atomic E-state index is 0.178. The Morgan fingerprint density at radius 3 is 2.86 bits per heavy atom. The Kier molecular flexibility index (Phi) is 4.57. The van der Waals surface area contributed by atoms with Gasteiger partial charge in [-0.2, -0.15) is 5.10 Å². The van der Waals surface area contributed by atoms with E-state index in [1.165, 1.54) is 0 Å². The second-order valence-electron chi connectivity index (χ2n) is 3.00. The van der Waals surface area contributed by atoms with Gasteiger partial charge in [0, 0.05) is 13.7 Å². The molecule has 0 saturated carbocycles. The van der Waals surface area contributed by atoms with Gasteiger partial charge < -0.3 is 10.1 Å². The van der Waals surface area contributed by atoms with E-state index in [0.717, 1.165) is 16.8 Å². The molecule has 1 N–H and O–H groups in total. The van der Waals surface area contributed by atoms with Crippen molar-refractivity contribution < 1.29 is 4.74 Å². The van der Waals surface area contributed by atoms with E-state index in [1.807, 2.05) is 25.7 Å². The van der Waals surface area contributed by atoms with E-state index < -0.39 is 0 Å². The maximum atomic E-state index is 5.40. The third-order valence-electron chi connectivity index (χ3n) is 2.10. The van der Waals surface area contributed by atoms with E-state index in [4.69, 9.17) is 4.74 Å². The first-order valence-electron chi connectivity index (χ1n) is 4.63. The molecule has 0 aliphatic carbocycles. The van der Waals surface area contributed by atoms with Crippen molar-refractivity contribution in [2.75, 3.05) is 20.3 Å². The normalized spacial score (nSPS) is 13.1. The standard InChI is InChI=1S/C9H16BrN3O/c1-4-14-6-8(11-2)9-7(10)5-12-13(9)3/h5,8,11H,4,6H2,1-3H3. The molecule has 0 radical (unpaired) electrons. The second kappa shape index (κ2) is 5.48. The van der Waals surface area contributed by atoms with Crippen LogP contribution in [0.4, 0.5) is 0 Å². The van der Waals surface area contributed by atoms with Crippen LogP contribution in [0.2, 0.25) is 0 Å². The lowest BCUT2D eigenvalue weighted by atomic mass is 10.2. The molecule has 1 atom stereocenters. The summed E-state index contributed by atoms with van der Waals surface area (Å²) in [5, 5.41) is 7.37. The number of hydrogen-bond donors (Lipinski definition) is 1. The van der Waals surface area contributed by atoms with Gasteiger partial charge in [-0.1, -0.05) is 0 Å². The molecule has 80 valence electrons. The minimum absolute atomic E-state index is 0.178. The number of ether oxygens (including phenoxy) is 1. The molecule has 0 spiro atoms. The lowest BCUT2D eigenvalue weighted by Gasteiger charge is -2.16. The lowest BCUT2D eigenvalue weighted by molar-refractivity contribution is 0.123. The Hall–Kier alpha value is -0.390. The van der Waals surface area contributed by atoms with Crippen LogP contribution < -0.4 is 5.32 Å². The second-order valence-corrected chi connectivity index (χ2v) is 3.86. The van der Waals surface area contributed by atoms with Gasteiger partial charge in [-0.05, 0) is 29.9 Å². The highest BCUT2D eigenvalue weighted by atomic mass is 79.9. The number of aryl methyl sites for hydroxylation is 1. The zero-order valence-corrected chi connectivity index (χ0v) is 10.3. The summed E-state index contributed by atoms with van der Waals surface area (Å²) >= 11 is 3.47. The lowest BCUT2D eigenvalue weighted by Crippen LogP contribution is -2.24. The minimum Gasteiger partial charge on any atom is -0.380 e. The first-order chi connectivity index (χ1) is 6.70. The first-order valence-corrected chi connectivity index (χ1v) is 5.42. The van der Waals surface area contributed by atoms with Crippen molar-refractivity contribution in [3.05, 3.63) is 16.4 Å². The maximum Gasteiger partial charge on any atom is 0.0738 e. The molecule has 1 unspecified atom stereocenters. The van der Waals surface area contributed by atoms with Gasteiger partial charge in [0.05, 0.1) is 29.0 Å². The zero-order chi connectivity index (χ0) is 10.6. The van der Waals surface area contributed by atoms with Crippen LogP contribution in [0.25, 0.3) is 0 Å². The van der Waals surface area contributed by atoms with Gasteiger partial charge >= 0.3 is 0 Å². The molecule has 5 heteroatoms. The van der Waals surface area contributed by atoms with Crippen LogP contribution in [0.3, 0.4) is 0 Å². The number of halogens is 1.